The molecule has 1 saturated carbocycles. The van der Waals surface area contributed by atoms with Crippen LogP contribution in [0.4, 0.5) is 17.5 Å². The van der Waals surface area contributed by atoms with Crippen molar-refractivity contribution in [2.45, 2.75) is 45.6 Å². The van der Waals surface area contributed by atoms with E-state index in [2.05, 4.69) is 24.9 Å². The lowest BCUT2D eigenvalue weighted by atomic mass is 10.0. The molecule has 3 aromatic rings. The molecule has 3 aromatic heterocycles. The SMILES string of the molecule is CNS(=O)(=O)N1CCN(c2ccc(Nc3ncc4c(C)c(C(C)=O)c(=O)n(C5CCCC5)c4n3)nc2)CC1. The molecule has 12 nitrogen and oxygen atoms in total. The molecule has 0 unspecified atom stereocenters. The van der Waals surface area contributed by atoms with E-state index >= 15 is 0 Å². The number of carbonyl (C=O) groups excluding carboxylic acids is 1. The van der Waals surface area contributed by atoms with Crippen molar-refractivity contribution in [3.63, 3.8) is 0 Å². The predicted molar refractivity (Wildman–Crippen MR) is 145 cm³/mol. The fraction of sp³-hybridized carbons (Fsp3) is 0.480. The summed E-state index contributed by atoms with van der Waals surface area (Å²) in [5, 5.41) is 3.81. The molecule has 0 amide bonds. The van der Waals surface area contributed by atoms with Gasteiger partial charge in [0.05, 0.1) is 17.4 Å². The second-order valence-electron chi connectivity index (χ2n) is 9.72. The molecule has 1 aliphatic heterocycles. The van der Waals surface area contributed by atoms with E-state index in [0.717, 1.165) is 31.4 Å². The number of nitrogens with zero attached hydrogens (tertiary/aromatic N) is 6. The Morgan fingerprint density at radius 1 is 1.05 bits per heavy atom. The molecule has 4 heterocycles. The van der Waals surface area contributed by atoms with Gasteiger partial charge in [-0.1, -0.05) is 12.8 Å². The Kier molecular flexibility index (Phi) is 7.16. The number of carbonyl (C=O) groups is 1. The maximum atomic E-state index is 13.4. The molecule has 0 bridgehead atoms. The van der Waals surface area contributed by atoms with Gasteiger partial charge >= 0.3 is 0 Å². The molecule has 0 radical (unpaired) electrons. The number of hydrogen-bond donors (Lipinski definition) is 2. The number of aryl methyl sites for hydroxylation is 1. The van der Waals surface area contributed by atoms with E-state index in [1.165, 1.54) is 18.3 Å². The fourth-order valence-electron chi connectivity index (χ4n) is 5.39. The number of Topliss-reactive ketones (excluding diaryl/α,β-unsaturated/α-hetero) is 1. The molecule has 2 aliphatic rings. The van der Waals surface area contributed by atoms with E-state index in [9.17, 15) is 18.0 Å². The summed E-state index contributed by atoms with van der Waals surface area (Å²) < 4.78 is 29.5. The van der Waals surface area contributed by atoms with E-state index < -0.39 is 10.2 Å². The molecule has 1 saturated heterocycles. The Morgan fingerprint density at radius 2 is 1.76 bits per heavy atom. The lowest BCUT2D eigenvalue weighted by Crippen LogP contribution is -2.51. The van der Waals surface area contributed by atoms with Crippen LogP contribution in [0.1, 0.15) is 54.6 Å². The average Bonchev–Trinajstić information content (AvgIpc) is 3.43. The first kappa shape index (κ1) is 26.2. The van der Waals surface area contributed by atoms with Gasteiger partial charge in [0.25, 0.3) is 15.8 Å². The van der Waals surface area contributed by atoms with E-state index in [-0.39, 0.29) is 22.9 Å². The molecule has 0 spiro atoms. The second-order valence-corrected chi connectivity index (χ2v) is 11.6. The summed E-state index contributed by atoms with van der Waals surface area (Å²) in [4.78, 5) is 41.4. The van der Waals surface area contributed by atoms with E-state index in [1.54, 1.807) is 23.9 Å². The molecule has 5 rings (SSSR count). The number of fused-ring (bicyclic) bond motifs is 1. The van der Waals surface area contributed by atoms with Gasteiger partial charge in [-0.2, -0.15) is 17.7 Å². The first-order valence-electron chi connectivity index (χ1n) is 12.8. The maximum absolute atomic E-state index is 13.4. The van der Waals surface area contributed by atoms with Gasteiger partial charge in [-0.25, -0.2) is 14.7 Å². The lowest BCUT2D eigenvalue weighted by Gasteiger charge is -2.34. The van der Waals surface area contributed by atoms with Crippen molar-refractivity contribution in [1.82, 2.24) is 28.5 Å². The predicted octanol–water partition coefficient (Wildman–Crippen LogP) is 2.14. The van der Waals surface area contributed by atoms with E-state index in [1.807, 2.05) is 12.1 Å². The maximum Gasteiger partial charge on any atom is 0.279 e. The molecule has 202 valence electrons. The highest BCUT2D eigenvalue weighted by atomic mass is 32.2. The number of pyridine rings is 2. The number of aromatic nitrogens is 4. The molecule has 13 heteroatoms. The van der Waals surface area contributed by atoms with Gasteiger partial charge in [-0.15, -0.1) is 0 Å². The Labute approximate surface area is 221 Å². The molecule has 2 N–H and O–H groups in total. The lowest BCUT2D eigenvalue weighted by molar-refractivity contribution is 0.101. The molecular formula is C25H32N8O4S. The van der Waals surface area contributed by atoms with Crippen molar-refractivity contribution in [2.75, 3.05) is 43.4 Å². The normalized spacial score (nSPS) is 17.3. The number of piperazine rings is 1. The molecule has 1 aliphatic carbocycles. The Hall–Kier alpha value is -3.42. The summed E-state index contributed by atoms with van der Waals surface area (Å²) in [5.41, 5.74) is 1.93. The van der Waals surface area contributed by atoms with Crippen molar-refractivity contribution in [2.24, 2.45) is 0 Å². The van der Waals surface area contributed by atoms with Crippen molar-refractivity contribution < 1.29 is 13.2 Å². The van der Waals surface area contributed by atoms with Gasteiger partial charge in [0.15, 0.2) is 5.78 Å². The van der Waals surface area contributed by atoms with Crippen LogP contribution in [0.25, 0.3) is 11.0 Å². The highest BCUT2D eigenvalue weighted by Crippen LogP contribution is 2.32. The monoisotopic (exact) mass is 540 g/mol. The number of hydrogen-bond acceptors (Lipinski definition) is 9. The highest BCUT2D eigenvalue weighted by Gasteiger charge is 2.27. The zero-order valence-corrected chi connectivity index (χ0v) is 22.6. The van der Waals surface area contributed by atoms with Crippen molar-refractivity contribution in [3.8, 4) is 0 Å². The van der Waals surface area contributed by atoms with Gasteiger partial charge in [0.1, 0.15) is 11.5 Å². The summed E-state index contributed by atoms with van der Waals surface area (Å²) in [6.07, 6.45) is 7.21. The van der Waals surface area contributed by atoms with Crippen molar-refractivity contribution in [1.29, 1.82) is 0 Å². The molecule has 0 aromatic carbocycles. The van der Waals surface area contributed by atoms with Gasteiger partial charge in [0.2, 0.25) is 5.95 Å². The van der Waals surface area contributed by atoms with Crippen LogP contribution in [0.2, 0.25) is 0 Å². The Bertz CT molecular complexity index is 1520. The van der Waals surface area contributed by atoms with Crippen LogP contribution in [0, 0.1) is 6.92 Å². The standard InChI is InChI=1S/C25H32N8O4S/c1-16-20-15-28-25(30-23(20)33(18-6-4-5-7-18)24(35)22(16)17(2)34)29-21-9-8-19(14-27-21)31-10-12-32(13-11-31)38(36,37)26-3/h8-9,14-15,18,26H,4-7,10-13H2,1-3H3,(H,27,28,29,30). The molecule has 38 heavy (non-hydrogen) atoms. The first-order valence-corrected chi connectivity index (χ1v) is 14.2. The number of anilines is 3. The van der Waals surface area contributed by atoms with Gasteiger partial charge in [-0.05, 0) is 44.4 Å². The average molecular weight is 541 g/mol. The minimum absolute atomic E-state index is 0.00687. The van der Waals surface area contributed by atoms with Crippen LogP contribution in [-0.4, -0.2) is 71.3 Å². The highest BCUT2D eigenvalue weighted by molar-refractivity contribution is 7.87. The zero-order valence-electron chi connectivity index (χ0n) is 21.8. The van der Waals surface area contributed by atoms with Crippen LogP contribution >= 0.6 is 0 Å². The summed E-state index contributed by atoms with van der Waals surface area (Å²) in [6, 6.07) is 3.73. The molecule has 2 fully saturated rings. The molecule has 0 atom stereocenters. The zero-order chi connectivity index (χ0) is 27.0. The van der Waals surface area contributed by atoms with Crippen LogP contribution in [0.5, 0.6) is 0 Å². The quantitative estimate of drug-likeness (QED) is 0.431. The number of rotatable bonds is 7. The third kappa shape index (κ3) is 4.88. The topological polar surface area (TPSA) is 142 Å². The van der Waals surface area contributed by atoms with Crippen molar-refractivity contribution >= 4 is 44.5 Å². The smallest absolute Gasteiger partial charge is 0.279 e. The number of nitrogens with one attached hydrogen (secondary N) is 2. The van der Waals surface area contributed by atoms with Crippen LogP contribution < -0.4 is 20.5 Å². The van der Waals surface area contributed by atoms with Crippen molar-refractivity contribution in [3.05, 3.63) is 46.0 Å². The third-order valence-corrected chi connectivity index (χ3v) is 9.00. The van der Waals surface area contributed by atoms with E-state index in [4.69, 9.17) is 4.98 Å². The third-order valence-electron chi connectivity index (χ3n) is 7.44. The van der Waals surface area contributed by atoms with Gasteiger partial charge in [0, 0.05) is 50.9 Å². The minimum Gasteiger partial charge on any atom is -0.368 e. The van der Waals surface area contributed by atoms with Gasteiger partial charge < -0.3 is 10.2 Å². The van der Waals surface area contributed by atoms with Crippen LogP contribution in [0.15, 0.2) is 29.3 Å². The van der Waals surface area contributed by atoms with E-state index in [0.29, 0.717) is 54.5 Å². The second kappa shape index (κ2) is 10.4. The minimum atomic E-state index is -3.43. The van der Waals surface area contributed by atoms with Crippen LogP contribution in [0.3, 0.4) is 0 Å². The van der Waals surface area contributed by atoms with Crippen LogP contribution in [-0.2, 0) is 10.2 Å². The Morgan fingerprint density at radius 3 is 2.37 bits per heavy atom. The molecular weight excluding hydrogens is 508 g/mol. The largest absolute Gasteiger partial charge is 0.368 e. The fourth-order valence-corrected chi connectivity index (χ4v) is 6.29. The summed E-state index contributed by atoms with van der Waals surface area (Å²) in [7, 11) is -2.01. The summed E-state index contributed by atoms with van der Waals surface area (Å²) in [5.74, 6) is 0.596. The Balaban J connectivity index is 1.39. The summed E-state index contributed by atoms with van der Waals surface area (Å²) >= 11 is 0. The first-order chi connectivity index (χ1) is 18.2. The number of ketones is 1. The van der Waals surface area contributed by atoms with Gasteiger partial charge in [-0.3, -0.25) is 14.2 Å². The summed E-state index contributed by atoms with van der Waals surface area (Å²) in [6.45, 7) is 5.09.